The summed E-state index contributed by atoms with van der Waals surface area (Å²) < 4.78 is 39.0. The molecule has 2 rings (SSSR count). The van der Waals surface area contributed by atoms with Crippen LogP contribution in [0.25, 0.3) is 0 Å². The summed E-state index contributed by atoms with van der Waals surface area (Å²) in [5.41, 5.74) is 1.06. The van der Waals surface area contributed by atoms with Gasteiger partial charge in [-0.1, -0.05) is 31.9 Å². The van der Waals surface area contributed by atoms with E-state index in [-0.39, 0.29) is 11.6 Å². The molecule has 1 aliphatic heterocycles. The molecule has 1 aliphatic rings. The standard InChI is InChI=1S/C16H25FN2O2S/c1-2-3-4-13-22(20,21)19-11-9-18(10-12-19)14-15-5-7-16(17)8-6-15/h5-8H,2-4,9-14H2,1H3. The molecule has 0 aliphatic carbocycles. The van der Waals surface area contributed by atoms with Gasteiger partial charge in [-0.25, -0.2) is 12.8 Å². The molecule has 0 N–H and O–H groups in total. The summed E-state index contributed by atoms with van der Waals surface area (Å²) >= 11 is 0. The number of rotatable bonds is 7. The van der Waals surface area contributed by atoms with Gasteiger partial charge >= 0.3 is 0 Å². The van der Waals surface area contributed by atoms with Crippen LogP contribution >= 0.6 is 0 Å². The Morgan fingerprint density at radius 1 is 1.05 bits per heavy atom. The molecule has 0 spiro atoms. The lowest BCUT2D eigenvalue weighted by Crippen LogP contribution is -2.48. The molecule has 1 fully saturated rings. The molecular weight excluding hydrogens is 303 g/mol. The van der Waals surface area contributed by atoms with Gasteiger partial charge in [0.25, 0.3) is 0 Å². The van der Waals surface area contributed by atoms with Gasteiger partial charge in [-0.15, -0.1) is 0 Å². The van der Waals surface area contributed by atoms with Crippen LogP contribution in [0.3, 0.4) is 0 Å². The van der Waals surface area contributed by atoms with E-state index in [9.17, 15) is 12.8 Å². The summed E-state index contributed by atoms with van der Waals surface area (Å²) in [6.45, 7) is 5.37. The Morgan fingerprint density at radius 2 is 1.68 bits per heavy atom. The Morgan fingerprint density at radius 3 is 2.27 bits per heavy atom. The lowest BCUT2D eigenvalue weighted by atomic mass is 10.2. The lowest BCUT2D eigenvalue weighted by Gasteiger charge is -2.34. The zero-order valence-electron chi connectivity index (χ0n) is 13.2. The van der Waals surface area contributed by atoms with Crippen LogP contribution in [-0.2, 0) is 16.6 Å². The van der Waals surface area contributed by atoms with Crippen LogP contribution in [0.1, 0.15) is 31.7 Å². The topological polar surface area (TPSA) is 40.6 Å². The minimum Gasteiger partial charge on any atom is -0.296 e. The van der Waals surface area contributed by atoms with Gasteiger partial charge in [0.05, 0.1) is 5.75 Å². The molecule has 124 valence electrons. The summed E-state index contributed by atoms with van der Waals surface area (Å²) in [4.78, 5) is 2.21. The molecule has 0 aromatic heterocycles. The fourth-order valence-corrected chi connectivity index (χ4v) is 4.22. The quantitative estimate of drug-likeness (QED) is 0.722. The number of piperazine rings is 1. The second kappa shape index (κ2) is 8.04. The van der Waals surface area contributed by atoms with E-state index in [1.54, 1.807) is 16.4 Å². The molecule has 0 unspecified atom stereocenters. The molecule has 1 heterocycles. The maximum atomic E-state index is 12.9. The highest BCUT2D eigenvalue weighted by Gasteiger charge is 2.26. The molecule has 0 saturated carbocycles. The monoisotopic (exact) mass is 328 g/mol. The van der Waals surface area contributed by atoms with Gasteiger partial charge in [0, 0.05) is 32.7 Å². The SMILES string of the molecule is CCCCCS(=O)(=O)N1CCN(Cc2ccc(F)cc2)CC1. The fraction of sp³-hybridized carbons (Fsp3) is 0.625. The van der Waals surface area contributed by atoms with Crippen LogP contribution < -0.4 is 0 Å². The van der Waals surface area contributed by atoms with Crippen molar-refractivity contribution in [2.45, 2.75) is 32.7 Å². The maximum absolute atomic E-state index is 12.9. The second-order valence-corrected chi connectivity index (χ2v) is 7.91. The second-order valence-electron chi connectivity index (χ2n) is 5.82. The van der Waals surface area contributed by atoms with Crippen molar-refractivity contribution in [2.24, 2.45) is 0 Å². The average molecular weight is 328 g/mol. The molecule has 1 aromatic rings. The van der Waals surface area contributed by atoms with Crippen LogP contribution in [0.15, 0.2) is 24.3 Å². The first-order chi connectivity index (χ1) is 10.5. The van der Waals surface area contributed by atoms with Crippen LogP contribution in [0.2, 0.25) is 0 Å². The minimum absolute atomic E-state index is 0.230. The van der Waals surface area contributed by atoms with Crippen LogP contribution in [0, 0.1) is 5.82 Å². The Bertz CT molecular complexity index is 552. The van der Waals surface area contributed by atoms with Gasteiger partial charge in [-0.3, -0.25) is 4.90 Å². The number of hydrogen-bond donors (Lipinski definition) is 0. The van der Waals surface area contributed by atoms with E-state index in [4.69, 9.17) is 0 Å². The zero-order valence-corrected chi connectivity index (χ0v) is 14.0. The van der Waals surface area contributed by atoms with Gasteiger partial charge in [0.2, 0.25) is 10.0 Å². The molecule has 22 heavy (non-hydrogen) atoms. The van der Waals surface area contributed by atoms with Crippen molar-refractivity contribution in [1.29, 1.82) is 0 Å². The predicted octanol–water partition coefficient (Wildman–Crippen LogP) is 2.46. The van der Waals surface area contributed by atoms with Gasteiger partial charge in [-0.05, 0) is 24.1 Å². The fourth-order valence-electron chi connectivity index (χ4n) is 2.68. The molecule has 0 atom stereocenters. The van der Waals surface area contributed by atoms with E-state index in [0.717, 1.165) is 44.5 Å². The number of benzene rings is 1. The highest BCUT2D eigenvalue weighted by atomic mass is 32.2. The zero-order chi connectivity index (χ0) is 16.0. The highest BCUT2D eigenvalue weighted by molar-refractivity contribution is 7.89. The Balaban J connectivity index is 1.81. The highest BCUT2D eigenvalue weighted by Crippen LogP contribution is 2.13. The summed E-state index contributed by atoms with van der Waals surface area (Å²) in [6, 6.07) is 6.49. The van der Waals surface area contributed by atoms with E-state index < -0.39 is 10.0 Å². The first kappa shape index (κ1) is 17.4. The molecule has 0 radical (unpaired) electrons. The van der Waals surface area contributed by atoms with Crippen molar-refractivity contribution in [3.05, 3.63) is 35.6 Å². The molecule has 1 aromatic carbocycles. The number of hydrogen-bond acceptors (Lipinski definition) is 3. The lowest BCUT2D eigenvalue weighted by molar-refractivity contribution is 0.181. The molecule has 0 amide bonds. The van der Waals surface area contributed by atoms with Gasteiger partial charge in [0.15, 0.2) is 0 Å². The normalized spacial score (nSPS) is 17.7. The smallest absolute Gasteiger partial charge is 0.214 e. The van der Waals surface area contributed by atoms with E-state index in [0.29, 0.717) is 13.1 Å². The van der Waals surface area contributed by atoms with Gasteiger partial charge in [-0.2, -0.15) is 4.31 Å². The minimum atomic E-state index is -3.10. The first-order valence-electron chi connectivity index (χ1n) is 7.96. The van der Waals surface area contributed by atoms with Crippen molar-refractivity contribution >= 4 is 10.0 Å². The molecule has 0 bridgehead atoms. The number of sulfonamides is 1. The summed E-state index contributed by atoms with van der Waals surface area (Å²) in [7, 11) is -3.10. The van der Waals surface area contributed by atoms with Crippen LogP contribution in [-0.4, -0.2) is 49.6 Å². The number of halogens is 1. The van der Waals surface area contributed by atoms with Gasteiger partial charge < -0.3 is 0 Å². The van der Waals surface area contributed by atoms with E-state index in [1.807, 2.05) is 0 Å². The van der Waals surface area contributed by atoms with Crippen molar-refractivity contribution in [3.63, 3.8) is 0 Å². The average Bonchev–Trinajstić information content (AvgIpc) is 2.50. The van der Waals surface area contributed by atoms with Crippen molar-refractivity contribution in [2.75, 3.05) is 31.9 Å². The van der Waals surface area contributed by atoms with E-state index in [1.165, 1.54) is 12.1 Å². The third-order valence-corrected chi connectivity index (χ3v) is 6.01. The number of unbranched alkanes of at least 4 members (excludes halogenated alkanes) is 2. The van der Waals surface area contributed by atoms with Crippen LogP contribution in [0.5, 0.6) is 0 Å². The molecule has 6 heteroatoms. The summed E-state index contributed by atoms with van der Waals surface area (Å²) in [5.74, 6) is 0.0328. The summed E-state index contributed by atoms with van der Waals surface area (Å²) in [6.07, 6.45) is 2.74. The van der Waals surface area contributed by atoms with Crippen molar-refractivity contribution in [1.82, 2.24) is 9.21 Å². The maximum Gasteiger partial charge on any atom is 0.214 e. The van der Waals surface area contributed by atoms with Crippen molar-refractivity contribution in [3.8, 4) is 0 Å². The predicted molar refractivity (Wildman–Crippen MR) is 86.6 cm³/mol. The summed E-state index contributed by atoms with van der Waals surface area (Å²) in [5, 5.41) is 0. The largest absolute Gasteiger partial charge is 0.296 e. The van der Waals surface area contributed by atoms with Crippen molar-refractivity contribution < 1.29 is 12.8 Å². The van der Waals surface area contributed by atoms with Gasteiger partial charge in [0.1, 0.15) is 5.82 Å². The third kappa shape index (κ3) is 5.04. The first-order valence-corrected chi connectivity index (χ1v) is 9.57. The molecule has 4 nitrogen and oxygen atoms in total. The number of nitrogens with zero attached hydrogens (tertiary/aromatic N) is 2. The molecular formula is C16H25FN2O2S. The van der Waals surface area contributed by atoms with E-state index in [2.05, 4.69) is 11.8 Å². The third-order valence-electron chi connectivity index (χ3n) is 4.05. The Kier molecular flexibility index (Phi) is 6.35. The van der Waals surface area contributed by atoms with E-state index >= 15 is 0 Å². The molecule has 1 saturated heterocycles. The van der Waals surface area contributed by atoms with Crippen LogP contribution in [0.4, 0.5) is 4.39 Å². The Hall–Kier alpha value is -0.980. The Labute approximate surface area is 133 Å².